The number of fused-ring (bicyclic) bond motifs is 1. The van der Waals surface area contributed by atoms with E-state index in [0.717, 1.165) is 11.4 Å². The molecule has 0 saturated carbocycles. The molecule has 0 spiro atoms. The zero-order valence-electron chi connectivity index (χ0n) is 11.9. The standard InChI is InChI=1S/C13H13N7O2/c1-19-10(2-4-16-19)11-17-18-12(22-11)13(21)20-5-3-8-9(6-20)15-7-14-8/h2,4,7H,3,5-6H2,1H3,(H,14,15). The van der Waals surface area contributed by atoms with Gasteiger partial charge in [0.05, 0.1) is 24.3 Å². The first-order valence-corrected chi connectivity index (χ1v) is 6.84. The van der Waals surface area contributed by atoms with E-state index in [-0.39, 0.29) is 17.7 Å². The fraction of sp³-hybridized carbons (Fsp3) is 0.308. The van der Waals surface area contributed by atoms with Crippen LogP contribution in [-0.2, 0) is 20.0 Å². The summed E-state index contributed by atoms with van der Waals surface area (Å²) in [6.45, 7) is 1.05. The van der Waals surface area contributed by atoms with Crippen LogP contribution in [-0.4, -0.2) is 47.3 Å². The number of hydrogen-bond acceptors (Lipinski definition) is 6. The fourth-order valence-electron chi connectivity index (χ4n) is 2.52. The van der Waals surface area contributed by atoms with Gasteiger partial charge in [0.1, 0.15) is 5.69 Å². The van der Waals surface area contributed by atoms with Crippen LogP contribution in [0.2, 0.25) is 0 Å². The van der Waals surface area contributed by atoms with Gasteiger partial charge in [0, 0.05) is 26.2 Å². The Morgan fingerprint density at radius 2 is 2.32 bits per heavy atom. The normalized spacial score (nSPS) is 14.1. The minimum atomic E-state index is -0.277. The summed E-state index contributed by atoms with van der Waals surface area (Å²) in [7, 11) is 1.77. The fourth-order valence-corrected chi connectivity index (χ4v) is 2.52. The third-order valence-electron chi connectivity index (χ3n) is 3.71. The highest BCUT2D eigenvalue weighted by atomic mass is 16.4. The first-order chi connectivity index (χ1) is 10.7. The van der Waals surface area contributed by atoms with E-state index < -0.39 is 0 Å². The molecule has 0 fully saturated rings. The monoisotopic (exact) mass is 299 g/mol. The lowest BCUT2D eigenvalue weighted by Crippen LogP contribution is -2.36. The summed E-state index contributed by atoms with van der Waals surface area (Å²) < 4.78 is 7.10. The molecule has 112 valence electrons. The summed E-state index contributed by atoms with van der Waals surface area (Å²) in [5.74, 6) is -0.0112. The van der Waals surface area contributed by atoms with Gasteiger partial charge in [0.2, 0.25) is 0 Å². The molecule has 0 radical (unpaired) electrons. The van der Waals surface area contributed by atoms with Crippen molar-refractivity contribution in [3.8, 4) is 11.6 Å². The SMILES string of the molecule is Cn1nccc1-c1nnc(C(=O)N2CCc3nc[nH]c3C2)o1. The molecule has 0 unspecified atom stereocenters. The first-order valence-electron chi connectivity index (χ1n) is 6.84. The number of aromatic nitrogens is 6. The smallest absolute Gasteiger partial charge is 0.311 e. The molecule has 1 N–H and O–H groups in total. The molecule has 3 aromatic heterocycles. The molecule has 22 heavy (non-hydrogen) atoms. The predicted molar refractivity (Wildman–Crippen MR) is 73.5 cm³/mol. The minimum Gasteiger partial charge on any atom is -0.411 e. The van der Waals surface area contributed by atoms with Crippen LogP contribution in [0.5, 0.6) is 0 Å². The molecule has 3 aromatic rings. The third-order valence-corrected chi connectivity index (χ3v) is 3.71. The summed E-state index contributed by atoms with van der Waals surface area (Å²) in [5.41, 5.74) is 2.62. The Morgan fingerprint density at radius 3 is 3.14 bits per heavy atom. The van der Waals surface area contributed by atoms with Gasteiger partial charge in [0.25, 0.3) is 5.89 Å². The van der Waals surface area contributed by atoms with E-state index in [1.807, 2.05) is 0 Å². The maximum Gasteiger partial charge on any atom is 0.311 e. The second-order valence-electron chi connectivity index (χ2n) is 5.06. The van der Waals surface area contributed by atoms with Gasteiger partial charge in [0.15, 0.2) is 0 Å². The van der Waals surface area contributed by atoms with E-state index in [0.29, 0.717) is 25.2 Å². The lowest BCUT2D eigenvalue weighted by molar-refractivity contribution is 0.0692. The van der Waals surface area contributed by atoms with Crippen molar-refractivity contribution >= 4 is 5.91 Å². The van der Waals surface area contributed by atoms with Gasteiger partial charge in [-0.05, 0) is 6.07 Å². The Balaban J connectivity index is 1.57. The molecular formula is C13H13N7O2. The highest BCUT2D eigenvalue weighted by molar-refractivity contribution is 5.89. The topological polar surface area (TPSA) is 106 Å². The van der Waals surface area contributed by atoms with Crippen molar-refractivity contribution in [3.63, 3.8) is 0 Å². The molecule has 0 atom stereocenters. The number of aromatic amines is 1. The van der Waals surface area contributed by atoms with Gasteiger partial charge in [-0.3, -0.25) is 9.48 Å². The van der Waals surface area contributed by atoms with Crippen molar-refractivity contribution in [2.24, 2.45) is 7.05 Å². The maximum absolute atomic E-state index is 12.5. The van der Waals surface area contributed by atoms with Crippen molar-refractivity contribution in [2.75, 3.05) is 6.54 Å². The number of imidazole rings is 1. The molecule has 0 saturated heterocycles. The first kappa shape index (κ1) is 12.7. The number of carbonyl (C=O) groups excluding carboxylic acids is 1. The summed E-state index contributed by atoms with van der Waals surface area (Å²) in [6.07, 6.45) is 3.99. The van der Waals surface area contributed by atoms with Crippen LogP contribution in [0.25, 0.3) is 11.6 Å². The zero-order chi connectivity index (χ0) is 15.1. The Labute approximate surface area is 125 Å². The summed E-state index contributed by atoms with van der Waals surface area (Å²) in [4.78, 5) is 21.4. The van der Waals surface area contributed by atoms with Gasteiger partial charge in [-0.2, -0.15) is 5.10 Å². The van der Waals surface area contributed by atoms with E-state index in [2.05, 4.69) is 25.3 Å². The van der Waals surface area contributed by atoms with Gasteiger partial charge >= 0.3 is 11.8 Å². The average molecular weight is 299 g/mol. The number of H-pyrrole nitrogens is 1. The molecule has 0 aliphatic carbocycles. The Kier molecular flexibility index (Phi) is 2.78. The zero-order valence-corrected chi connectivity index (χ0v) is 11.9. The van der Waals surface area contributed by atoms with E-state index in [1.54, 1.807) is 35.2 Å². The number of hydrogen-bond donors (Lipinski definition) is 1. The van der Waals surface area contributed by atoms with Crippen molar-refractivity contribution in [1.82, 2.24) is 34.8 Å². The second-order valence-corrected chi connectivity index (χ2v) is 5.06. The maximum atomic E-state index is 12.5. The Hall–Kier alpha value is -2.97. The van der Waals surface area contributed by atoms with Crippen LogP contribution in [0.15, 0.2) is 23.0 Å². The summed E-state index contributed by atoms with van der Waals surface area (Å²) in [5, 5.41) is 11.8. The third kappa shape index (κ3) is 1.98. The van der Waals surface area contributed by atoms with E-state index >= 15 is 0 Å². The van der Waals surface area contributed by atoms with Crippen LogP contribution in [0, 0.1) is 0 Å². The highest BCUT2D eigenvalue weighted by Gasteiger charge is 2.27. The number of nitrogens with one attached hydrogen (secondary N) is 1. The van der Waals surface area contributed by atoms with E-state index in [1.165, 1.54) is 0 Å². The molecule has 1 amide bonds. The summed E-state index contributed by atoms with van der Waals surface area (Å²) in [6, 6.07) is 1.75. The molecule has 9 heteroatoms. The van der Waals surface area contributed by atoms with E-state index in [4.69, 9.17) is 4.42 Å². The van der Waals surface area contributed by atoms with Gasteiger partial charge in [-0.25, -0.2) is 4.98 Å². The molecule has 4 rings (SSSR count). The number of amides is 1. The minimum absolute atomic E-state index is 0.0147. The van der Waals surface area contributed by atoms with E-state index in [9.17, 15) is 4.79 Å². The molecule has 0 bridgehead atoms. The van der Waals surface area contributed by atoms with Crippen molar-refractivity contribution in [2.45, 2.75) is 13.0 Å². The van der Waals surface area contributed by atoms with Crippen molar-refractivity contribution < 1.29 is 9.21 Å². The molecule has 4 heterocycles. The van der Waals surface area contributed by atoms with Crippen LogP contribution in [0.1, 0.15) is 22.1 Å². The van der Waals surface area contributed by atoms with Crippen LogP contribution in [0.3, 0.4) is 0 Å². The molecule has 9 nitrogen and oxygen atoms in total. The Morgan fingerprint density at radius 1 is 1.41 bits per heavy atom. The predicted octanol–water partition coefficient (Wildman–Crippen LogP) is 0.392. The van der Waals surface area contributed by atoms with Crippen molar-refractivity contribution in [3.05, 3.63) is 35.9 Å². The molecule has 1 aliphatic heterocycles. The lowest BCUT2D eigenvalue weighted by atomic mass is 10.1. The van der Waals surface area contributed by atoms with Gasteiger partial charge in [-0.15, -0.1) is 10.2 Å². The Bertz CT molecular complexity index is 831. The van der Waals surface area contributed by atoms with Crippen LogP contribution >= 0.6 is 0 Å². The lowest BCUT2D eigenvalue weighted by Gasteiger charge is -2.24. The highest BCUT2D eigenvalue weighted by Crippen LogP contribution is 2.20. The number of aryl methyl sites for hydroxylation is 1. The molecular weight excluding hydrogens is 286 g/mol. The van der Waals surface area contributed by atoms with Crippen LogP contribution in [0.4, 0.5) is 0 Å². The number of carbonyl (C=O) groups is 1. The summed E-state index contributed by atoms with van der Waals surface area (Å²) >= 11 is 0. The van der Waals surface area contributed by atoms with Gasteiger partial charge < -0.3 is 14.3 Å². The molecule has 0 aromatic carbocycles. The largest absolute Gasteiger partial charge is 0.411 e. The quantitative estimate of drug-likeness (QED) is 0.734. The average Bonchev–Trinajstić information content (AvgIpc) is 3.25. The molecule has 1 aliphatic rings. The number of rotatable bonds is 2. The number of nitrogens with zero attached hydrogens (tertiary/aromatic N) is 6. The van der Waals surface area contributed by atoms with Crippen molar-refractivity contribution in [1.29, 1.82) is 0 Å². The van der Waals surface area contributed by atoms with Gasteiger partial charge in [-0.1, -0.05) is 0 Å². The van der Waals surface area contributed by atoms with Crippen LogP contribution < -0.4 is 0 Å². The second kappa shape index (κ2) is 4.79.